The second-order valence-electron chi connectivity index (χ2n) is 3.80. The van der Waals surface area contributed by atoms with Crippen molar-refractivity contribution in [3.8, 4) is 0 Å². The van der Waals surface area contributed by atoms with Crippen molar-refractivity contribution in [1.29, 1.82) is 0 Å². The molecule has 0 bridgehead atoms. The zero-order valence-corrected chi connectivity index (χ0v) is 9.48. The molecule has 1 aliphatic heterocycles. The number of methoxy groups -OCH3 is 1. The van der Waals surface area contributed by atoms with Crippen molar-refractivity contribution in [2.75, 3.05) is 46.4 Å². The molecule has 88 valence electrons. The lowest BCUT2D eigenvalue weighted by atomic mass is 10.2. The molecule has 0 amide bonds. The molecule has 1 heterocycles. The SMILES string of the molecule is COC(=O)[C@H](C)N1CCN(CCO)CC1. The lowest BCUT2D eigenvalue weighted by molar-refractivity contribution is -0.147. The Balaban J connectivity index is 2.33. The maximum Gasteiger partial charge on any atom is 0.322 e. The fourth-order valence-electron chi connectivity index (χ4n) is 1.84. The molecule has 1 N–H and O–H groups in total. The highest BCUT2D eigenvalue weighted by Crippen LogP contribution is 2.06. The Bertz CT molecular complexity index is 203. The maximum atomic E-state index is 11.3. The van der Waals surface area contributed by atoms with Gasteiger partial charge in [0.1, 0.15) is 6.04 Å². The summed E-state index contributed by atoms with van der Waals surface area (Å²) in [5.41, 5.74) is 0. The Labute approximate surface area is 90.6 Å². The zero-order valence-electron chi connectivity index (χ0n) is 9.48. The highest BCUT2D eigenvalue weighted by Gasteiger charge is 2.25. The van der Waals surface area contributed by atoms with Crippen molar-refractivity contribution < 1.29 is 14.6 Å². The van der Waals surface area contributed by atoms with Crippen LogP contribution >= 0.6 is 0 Å². The number of carbonyl (C=O) groups excluding carboxylic acids is 1. The van der Waals surface area contributed by atoms with E-state index in [-0.39, 0.29) is 18.6 Å². The van der Waals surface area contributed by atoms with Gasteiger partial charge < -0.3 is 9.84 Å². The summed E-state index contributed by atoms with van der Waals surface area (Å²) < 4.78 is 4.71. The molecule has 15 heavy (non-hydrogen) atoms. The minimum absolute atomic E-state index is 0.161. The molecule has 0 radical (unpaired) electrons. The van der Waals surface area contributed by atoms with E-state index in [2.05, 4.69) is 9.80 Å². The summed E-state index contributed by atoms with van der Waals surface area (Å²) in [5, 5.41) is 8.79. The number of β-amino-alcohol motifs (C(OH)–C–C–N with tert-alkyl or cyclic N) is 1. The van der Waals surface area contributed by atoms with E-state index in [1.165, 1.54) is 7.11 Å². The van der Waals surface area contributed by atoms with Crippen LogP contribution in [0.2, 0.25) is 0 Å². The number of hydrogen-bond donors (Lipinski definition) is 1. The van der Waals surface area contributed by atoms with E-state index in [0.717, 1.165) is 32.7 Å². The van der Waals surface area contributed by atoms with Crippen LogP contribution in [0.3, 0.4) is 0 Å². The predicted molar refractivity (Wildman–Crippen MR) is 56.6 cm³/mol. The largest absolute Gasteiger partial charge is 0.468 e. The van der Waals surface area contributed by atoms with E-state index in [4.69, 9.17) is 9.84 Å². The summed E-state index contributed by atoms with van der Waals surface area (Å²) in [7, 11) is 1.42. The summed E-state index contributed by atoms with van der Waals surface area (Å²) >= 11 is 0. The van der Waals surface area contributed by atoms with E-state index in [0.29, 0.717) is 0 Å². The second kappa shape index (κ2) is 6.05. The van der Waals surface area contributed by atoms with E-state index < -0.39 is 0 Å². The number of nitrogens with zero attached hydrogens (tertiary/aromatic N) is 2. The molecule has 0 spiro atoms. The molecular formula is C10H20N2O3. The highest BCUT2D eigenvalue weighted by molar-refractivity contribution is 5.75. The van der Waals surface area contributed by atoms with E-state index in [1.54, 1.807) is 0 Å². The molecule has 1 aliphatic rings. The Kier molecular flexibility index (Phi) is 5.01. The minimum atomic E-state index is -0.175. The number of ether oxygens (including phenoxy) is 1. The molecule has 5 nitrogen and oxygen atoms in total. The van der Waals surface area contributed by atoms with Gasteiger partial charge in [-0.15, -0.1) is 0 Å². The van der Waals surface area contributed by atoms with Crippen LogP contribution in [-0.2, 0) is 9.53 Å². The van der Waals surface area contributed by atoms with Gasteiger partial charge in [-0.3, -0.25) is 14.6 Å². The summed E-state index contributed by atoms with van der Waals surface area (Å²) in [6.07, 6.45) is 0. The van der Waals surface area contributed by atoms with Crippen LogP contribution in [0.5, 0.6) is 0 Å². The molecule has 5 heteroatoms. The van der Waals surface area contributed by atoms with Crippen molar-refractivity contribution in [3.05, 3.63) is 0 Å². The lowest BCUT2D eigenvalue weighted by Gasteiger charge is -2.36. The van der Waals surface area contributed by atoms with Gasteiger partial charge in [0.2, 0.25) is 0 Å². The van der Waals surface area contributed by atoms with Crippen LogP contribution in [0.15, 0.2) is 0 Å². The van der Waals surface area contributed by atoms with Crippen LogP contribution in [0.1, 0.15) is 6.92 Å². The Morgan fingerprint density at radius 1 is 1.40 bits per heavy atom. The third-order valence-corrected chi connectivity index (χ3v) is 2.91. The van der Waals surface area contributed by atoms with Gasteiger partial charge in [-0.25, -0.2) is 0 Å². The Morgan fingerprint density at radius 2 is 2.00 bits per heavy atom. The average Bonchev–Trinajstić information content (AvgIpc) is 2.28. The first-order valence-electron chi connectivity index (χ1n) is 5.34. The quantitative estimate of drug-likeness (QED) is 0.621. The van der Waals surface area contributed by atoms with Crippen LogP contribution in [-0.4, -0.2) is 73.4 Å². The number of aliphatic hydroxyl groups is 1. The first kappa shape index (κ1) is 12.4. The number of esters is 1. The first-order chi connectivity index (χ1) is 7.19. The van der Waals surface area contributed by atoms with Gasteiger partial charge in [-0.2, -0.15) is 0 Å². The molecule has 1 rings (SSSR count). The molecule has 0 unspecified atom stereocenters. The Hall–Kier alpha value is -0.650. The van der Waals surface area contributed by atoms with Gasteiger partial charge in [-0.05, 0) is 6.92 Å². The molecule has 0 aromatic rings. The predicted octanol–water partition coefficient (Wildman–Crippen LogP) is -0.842. The van der Waals surface area contributed by atoms with E-state index >= 15 is 0 Å². The summed E-state index contributed by atoms with van der Waals surface area (Å²) in [6.45, 7) is 6.32. The lowest BCUT2D eigenvalue weighted by Crippen LogP contribution is -2.52. The van der Waals surface area contributed by atoms with Crippen molar-refractivity contribution in [3.63, 3.8) is 0 Å². The number of aliphatic hydroxyl groups excluding tert-OH is 1. The van der Waals surface area contributed by atoms with Gasteiger partial charge in [0.25, 0.3) is 0 Å². The van der Waals surface area contributed by atoms with Gasteiger partial charge in [0.05, 0.1) is 13.7 Å². The molecule has 1 saturated heterocycles. The number of carbonyl (C=O) groups is 1. The second-order valence-corrected chi connectivity index (χ2v) is 3.80. The van der Waals surface area contributed by atoms with Gasteiger partial charge in [0.15, 0.2) is 0 Å². The van der Waals surface area contributed by atoms with Crippen LogP contribution in [0.4, 0.5) is 0 Å². The third kappa shape index (κ3) is 3.44. The fourth-order valence-corrected chi connectivity index (χ4v) is 1.84. The van der Waals surface area contributed by atoms with Gasteiger partial charge in [-0.1, -0.05) is 0 Å². The minimum Gasteiger partial charge on any atom is -0.468 e. The topological polar surface area (TPSA) is 53.0 Å². The molecule has 0 aliphatic carbocycles. The molecule has 1 fully saturated rings. The van der Waals surface area contributed by atoms with Gasteiger partial charge in [0, 0.05) is 32.7 Å². The Morgan fingerprint density at radius 3 is 2.47 bits per heavy atom. The van der Waals surface area contributed by atoms with Crippen molar-refractivity contribution in [1.82, 2.24) is 9.80 Å². The molecular weight excluding hydrogens is 196 g/mol. The van der Waals surface area contributed by atoms with E-state index in [1.807, 2.05) is 6.92 Å². The number of rotatable bonds is 4. The van der Waals surface area contributed by atoms with Crippen molar-refractivity contribution in [2.24, 2.45) is 0 Å². The van der Waals surface area contributed by atoms with Crippen LogP contribution in [0.25, 0.3) is 0 Å². The normalized spacial score (nSPS) is 21.3. The summed E-state index contributed by atoms with van der Waals surface area (Å²) in [4.78, 5) is 15.6. The molecule has 0 aromatic heterocycles. The molecule has 1 atom stereocenters. The average molecular weight is 216 g/mol. The van der Waals surface area contributed by atoms with Crippen molar-refractivity contribution in [2.45, 2.75) is 13.0 Å². The molecule has 0 aromatic carbocycles. The first-order valence-corrected chi connectivity index (χ1v) is 5.34. The standard InChI is InChI=1S/C10H20N2O3/c1-9(10(14)15-2)12-5-3-11(4-6-12)7-8-13/h9,13H,3-8H2,1-2H3/t9-/m0/s1. The fraction of sp³-hybridized carbons (Fsp3) is 0.900. The zero-order chi connectivity index (χ0) is 11.3. The maximum absolute atomic E-state index is 11.3. The van der Waals surface area contributed by atoms with Gasteiger partial charge >= 0.3 is 5.97 Å². The summed E-state index contributed by atoms with van der Waals surface area (Å²) in [6, 6.07) is -0.161. The number of hydrogen-bond acceptors (Lipinski definition) is 5. The number of piperazine rings is 1. The van der Waals surface area contributed by atoms with Crippen LogP contribution < -0.4 is 0 Å². The molecule has 0 saturated carbocycles. The van der Waals surface area contributed by atoms with E-state index in [9.17, 15) is 4.79 Å². The smallest absolute Gasteiger partial charge is 0.322 e. The van der Waals surface area contributed by atoms with Crippen LogP contribution in [0, 0.1) is 0 Å². The highest BCUT2D eigenvalue weighted by atomic mass is 16.5. The van der Waals surface area contributed by atoms with Crippen molar-refractivity contribution >= 4 is 5.97 Å². The monoisotopic (exact) mass is 216 g/mol. The third-order valence-electron chi connectivity index (χ3n) is 2.91. The summed E-state index contributed by atoms with van der Waals surface area (Å²) in [5.74, 6) is -0.175.